The fourth-order valence-corrected chi connectivity index (χ4v) is 2.50. The maximum Gasteiger partial charge on any atom is 0.128 e. The lowest BCUT2D eigenvalue weighted by molar-refractivity contribution is 0.411. The van der Waals surface area contributed by atoms with Gasteiger partial charge in [-0.15, -0.1) is 0 Å². The minimum atomic E-state index is -0.276. The number of halogens is 2. The molecule has 2 aromatic rings. The van der Waals surface area contributed by atoms with Crippen LogP contribution in [0.3, 0.4) is 0 Å². The lowest BCUT2D eigenvalue weighted by Gasteiger charge is -2.19. The van der Waals surface area contributed by atoms with Crippen molar-refractivity contribution in [3.05, 3.63) is 63.9 Å². The van der Waals surface area contributed by atoms with Crippen molar-refractivity contribution in [1.29, 1.82) is 0 Å². The number of ether oxygens (including phenoxy) is 1. The van der Waals surface area contributed by atoms with Gasteiger partial charge in [0.1, 0.15) is 11.6 Å². The van der Waals surface area contributed by atoms with Gasteiger partial charge in [-0.3, -0.25) is 0 Å². The van der Waals surface area contributed by atoms with E-state index in [-0.39, 0.29) is 11.9 Å². The second-order valence-corrected chi connectivity index (χ2v) is 5.05. The normalized spacial score (nSPS) is 12.2. The Labute approximate surface area is 123 Å². The first-order valence-corrected chi connectivity index (χ1v) is 6.71. The molecule has 0 spiro atoms. The van der Waals surface area contributed by atoms with E-state index in [2.05, 4.69) is 5.32 Å². The molecular weight excluding hydrogens is 277 g/mol. The Bertz CT molecular complexity index is 615. The zero-order valence-corrected chi connectivity index (χ0v) is 12.5. The molecule has 0 fully saturated rings. The van der Waals surface area contributed by atoms with E-state index in [0.717, 1.165) is 16.9 Å². The van der Waals surface area contributed by atoms with Crippen LogP contribution >= 0.6 is 11.6 Å². The van der Waals surface area contributed by atoms with Gasteiger partial charge >= 0.3 is 0 Å². The summed E-state index contributed by atoms with van der Waals surface area (Å²) in [6.45, 7) is 1.96. The lowest BCUT2D eigenvalue weighted by atomic mass is 9.96. The molecule has 0 bridgehead atoms. The average Bonchev–Trinajstić information content (AvgIpc) is 2.44. The van der Waals surface area contributed by atoms with Crippen molar-refractivity contribution >= 4 is 11.6 Å². The molecule has 106 valence electrons. The summed E-state index contributed by atoms with van der Waals surface area (Å²) in [5.41, 5.74) is 2.50. The van der Waals surface area contributed by atoms with E-state index < -0.39 is 0 Å². The van der Waals surface area contributed by atoms with Gasteiger partial charge in [-0.05, 0) is 49.4 Å². The summed E-state index contributed by atoms with van der Waals surface area (Å²) in [5, 5.41) is 3.65. The van der Waals surface area contributed by atoms with Crippen LogP contribution in [0.1, 0.15) is 22.7 Å². The first kappa shape index (κ1) is 14.8. The van der Waals surface area contributed by atoms with Crippen LogP contribution in [-0.2, 0) is 0 Å². The summed E-state index contributed by atoms with van der Waals surface area (Å²) in [5.74, 6) is 0.539. The van der Waals surface area contributed by atoms with Crippen molar-refractivity contribution in [1.82, 2.24) is 5.32 Å². The van der Waals surface area contributed by atoms with Crippen LogP contribution in [0.4, 0.5) is 4.39 Å². The van der Waals surface area contributed by atoms with Gasteiger partial charge in [0.15, 0.2) is 0 Å². The number of hydrogen-bond donors (Lipinski definition) is 1. The molecule has 4 heteroatoms. The molecule has 0 amide bonds. The van der Waals surface area contributed by atoms with Gasteiger partial charge in [-0.25, -0.2) is 4.39 Å². The highest BCUT2D eigenvalue weighted by Crippen LogP contribution is 2.29. The molecule has 0 saturated carbocycles. The van der Waals surface area contributed by atoms with Gasteiger partial charge in [0.05, 0.1) is 13.2 Å². The average molecular weight is 294 g/mol. The molecular formula is C16H17ClFNO. The van der Waals surface area contributed by atoms with E-state index in [4.69, 9.17) is 16.3 Å². The van der Waals surface area contributed by atoms with E-state index in [0.29, 0.717) is 10.6 Å². The van der Waals surface area contributed by atoms with E-state index in [1.807, 2.05) is 25.1 Å². The van der Waals surface area contributed by atoms with Crippen molar-refractivity contribution in [2.75, 3.05) is 14.2 Å². The summed E-state index contributed by atoms with van der Waals surface area (Å²) < 4.78 is 19.3. The molecule has 0 aliphatic heterocycles. The molecule has 0 heterocycles. The lowest BCUT2D eigenvalue weighted by Crippen LogP contribution is -2.19. The fraction of sp³-hybridized carbons (Fsp3) is 0.250. The van der Waals surface area contributed by atoms with E-state index in [9.17, 15) is 4.39 Å². The molecule has 2 aromatic carbocycles. The third-order valence-electron chi connectivity index (χ3n) is 3.31. The minimum Gasteiger partial charge on any atom is -0.496 e. The Balaban J connectivity index is 2.46. The monoisotopic (exact) mass is 293 g/mol. The Hall–Kier alpha value is -1.58. The van der Waals surface area contributed by atoms with Crippen molar-refractivity contribution < 1.29 is 9.13 Å². The smallest absolute Gasteiger partial charge is 0.128 e. The number of rotatable bonds is 4. The topological polar surface area (TPSA) is 21.3 Å². The Morgan fingerprint density at radius 2 is 1.95 bits per heavy atom. The SMILES string of the molecule is CNC(c1ccc(OC)c(C)c1)c1cc(Cl)ccc1F. The molecule has 0 aliphatic carbocycles. The van der Waals surface area contributed by atoms with Crippen molar-refractivity contribution in [3.63, 3.8) is 0 Å². The third kappa shape index (κ3) is 2.94. The van der Waals surface area contributed by atoms with Crippen molar-refractivity contribution in [2.45, 2.75) is 13.0 Å². The minimum absolute atomic E-state index is 0.252. The molecule has 0 saturated heterocycles. The van der Waals surface area contributed by atoms with Gasteiger partial charge in [0, 0.05) is 10.6 Å². The van der Waals surface area contributed by atoms with E-state index in [1.165, 1.54) is 6.07 Å². The Morgan fingerprint density at radius 1 is 1.20 bits per heavy atom. The molecule has 1 atom stereocenters. The van der Waals surface area contributed by atoms with Crippen LogP contribution in [0.15, 0.2) is 36.4 Å². The van der Waals surface area contributed by atoms with E-state index in [1.54, 1.807) is 26.3 Å². The van der Waals surface area contributed by atoms with Crippen LogP contribution < -0.4 is 10.1 Å². The summed E-state index contributed by atoms with van der Waals surface area (Å²) in [7, 11) is 3.43. The standard InChI is InChI=1S/C16H17ClFNO/c1-10-8-11(4-7-15(10)20-3)16(19-2)13-9-12(17)5-6-14(13)18/h4-9,16,19H,1-3H3. The Morgan fingerprint density at radius 3 is 2.55 bits per heavy atom. The van der Waals surface area contributed by atoms with Crippen LogP contribution in [0.2, 0.25) is 5.02 Å². The molecule has 1 N–H and O–H groups in total. The van der Waals surface area contributed by atoms with Crippen LogP contribution in [0.5, 0.6) is 5.75 Å². The molecule has 2 rings (SSSR count). The van der Waals surface area contributed by atoms with Gasteiger partial charge in [0.25, 0.3) is 0 Å². The quantitative estimate of drug-likeness (QED) is 0.916. The molecule has 0 aliphatic rings. The predicted molar refractivity (Wildman–Crippen MR) is 80.0 cm³/mol. The molecule has 1 unspecified atom stereocenters. The Kier molecular flexibility index (Phi) is 4.63. The first-order valence-electron chi connectivity index (χ1n) is 6.33. The highest BCUT2D eigenvalue weighted by Gasteiger charge is 2.17. The van der Waals surface area contributed by atoms with Gasteiger partial charge in [-0.1, -0.05) is 23.7 Å². The number of nitrogens with one attached hydrogen (secondary N) is 1. The summed E-state index contributed by atoms with van der Waals surface area (Å²) >= 11 is 5.97. The molecule has 20 heavy (non-hydrogen) atoms. The number of hydrogen-bond acceptors (Lipinski definition) is 2. The van der Waals surface area contributed by atoms with Gasteiger partial charge in [0.2, 0.25) is 0 Å². The summed E-state index contributed by atoms with van der Waals surface area (Å²) in [6.07, 6.45) is 0. The highest BCUT2D eigenvalue weighted by molar-refractivity contribution is 6.30. The number of methoxy groups -OCH3 is 1. The third-order valence-corrected chi connectivity index (χ3v) is 3.55. The first-order chi connectivity index (χ1) is 9.56. The molecule has 0 aromatic heterocycles. The zero-order valence-electron chi connectivity index (χ0n) is 11.7. The van der Waals surface area contributed by atoms with Crippen LogP contribution in [0.25, 0.3) is 0 Å². The maximum atomic E-state index is 14.0. The van der Waals surface area contributed by atoms with Crippen molar-refractivity contribution in [2.24, 2.45) is 0 Å². The second kappa shape index (κ2) is 6.25. The second-order valence-electron chi connectivity index (χ2n) is 4.62. The van der Waals surface area contributed by atoms with Crippen LogP contribution in [-0.4, -0.2) is 14.2 Å². The summed E-state index contributed by atoms with van der Waals surface area (Å²) in [4.78, 5) is 0. The summed E-state index contributed by atoms with van der Waals surface area (Å²) in [6, 6.07) is 10.1. The van der Waals surface area contributed by atoms with Crippen LogP contribution in [0, 0.1) is 12.7 Å². The van der Waals surface area contributed by atoms with Crippen molar-refractivity contribution in [3.8, 4) is 5.75 Å². The van der Waals surface area contributed by atoms with E-state index >= 15 is 0 Å². The zero-order chi connectivity index (χ0) is 14.7. The van der Waals surface area contributed by atoms with Gasteiger partial charge in [-0.2, -0.15) is 0 Å². The highest BCUT2D eigenvalue weighted by atomic mass is 35.5. The molecule has 2 nitrogen and oxygen atoms in total. The molecule has 0 radical (unpaired) electrons. The number of benzene rings is 2. The largest absolute Gasteiger partial charge is 0.496 e. The predicted octanol–water partition coefficient (Wildman–Crippen LogP) is 4.10. The van der Waals surface area contributed by atoms with Gasteiger partial charge < -0.3 is 10.1 Å². The number of aryl methyl sites for hydroxylation is 1. The maximum absolute atomic E-state index is 14.0. The fourth-order valence-electron chi connectivity index (χ4n) is 2.32.